The molecule has 130 valence electrons. The molecule has 0 radical (unpaired) electrons. The van der Waals surface area contributed by atoms with Crippen LogP contribution in [0.5, 0.6) is 0 Å². The number of halogens is 1. The van der Waals surface area contributed by atoms with E-state index in [1.54, 1.807) is 18.2 Å². The zero-order chi connectivity index (χ0) is 18.1. The van der Waals surface area contributed by atoms with Crippen molar-refractivity contribution in [3.05, 3.63) is 59.6 Å². The third-order valence-electron chi connectivity index (χ3n) is 3.77. The minimum absolute atomic E-state index is 0.0181. The number of aromatic nitrogens is 4. The topological polar surface area (TPSA) is 112 Å². The lowest BCUT2D eigenvalue weighted by Crippen LogP contribution is -2.27. The number of hydrogen-bond acceptors (Lipinski definition) is 6. The molecule has 0 fully saturated rings. The summed E-state index contributed by atoms with van der Waals surface area (Å²) in [5, 5.41) is 3.36. The van der Waals surface area contributed by atoms with Gasteiger partial charge in [-0.3, -0.25) is 0 Å². The molecule has 3 heterocycles. The van der Waals surface area contributed by atoms with Crippen molar-refractivity contribution in [2.24, 2.45) is 0 Å². The standard InChI is InChI=1S/C17H13ClN6O2/c18-11-5-2-1-4-10(11)8-20-17(25)24-9-21-14-13(12-6-3-7-26-12)22-16(19)23-15(14)24/h1-7,9H,8H2,(H,20,25)(H2,19,22,23). The van der Waals surface area contributed by atoms with E-state index in [-0.39, 0.29) is 12.5 Å². The Kier molecular flexibility index (Phi) is 4.02. The van der Waals surface area contributed by atoms with E-state index in [1.165, 1.54) is 17.2 Å². The molecule has 0 atom stereocenters. The first-order chi connectivity index (χ1) is 12.6. The number of carbonyl (C=O) groups is 1. The molecule has 8 nitrogen and oxygen atoms in total. The Labute approximate surface area is 152 Å². The van der Waals surface area contributed by atoms with E-state index in [2.05, 4.69) is 20.3 Å². The second kappa shape index (κ2) is 6.49. The van der Waals surface area contributed by atoms with Gasteiger partial charge < -0.3 is 15.5 Å². The molecule has 4 rings (SSSR count). The van der Waals surface area contributed by atoms with Gasteiger partial charge in [0, 0.05) is 11.6 Å². The van der Waals surface area contributed by atoms with E-state index >= 15 is 0 Å². The van der Waals surface area contributed by atoms with E-state index in [9.17, 15) is 4.79 Å². The number of imidazole rings is 1. The van der Waals surface area contributed by atoms with Crippen molar-refractivity contribution in [3.8, 4) is 11.5 Å². The minimum atomic E-state index is -0.407. The van der Waals surface area contributed by atoms with Crippen LogP contribution in [0.1, 0.15) is 5.56 Å². The maximum Gasteiger partial charge on any atom is 0.328 e. The van der Waals surface area contributed by atoms with Crippen molar-refractivity contribution >= 4 is 34.7 Å². The second-order valence-corrected chi connectivity index (χ2v) is 5.85. The van der Waals surface area contributed by atoms with Gasteiger partial charge in [-0.25, -0.2) is 19.3 Å². The summed E-state index contributed by atoms with van der Waals surface area (Å²) in [6.45, 7) is 0.268. The summed E-state index contributed by atoms with van der Waals surface area (Å²) in [7, 11) is 0. The van der Waals surface area contributed by atoms with Crippen LogP contribution in [0, 0.1) is 0 Å². The molecule has 3 N–H and O–H groups in total. The first kappa shape index (κ1) is 16.1. The monoisotopic (exact) mass is 368 g/mol. The van der Waals surface area contributed by atoms with Crippen molar-refractivity contribution < 1.29 is 9.21 Å². The zero-order valence-corrected chi connectivity index (χ0v) is 14.1. The maximum absolute atomic E-state index is 12.6. The van der Waals surface area contributed by atoms with Crippen molar-refractivity contribution in [2.75, 3.05) is 5.73 Å². The van der Waals surface area contributed by atoms with Crippen molar-refractivity contribution in [2.45, 2.75) is 6.54 Å². The number of nitrogen functional groups attached to an aromatic ring is 1. The Bertz CT molecular complexity index is 1090. The SMILES string of the molecule is Nc1nc(-c2ccco2)c2ncn(C(=O)NCc3ccccc3Cl)c2n1. The van der Waals surface area contributed by atoms with Crippen LogP contribution in [0.25, 0.3) is 22.6 Å². The van der Waals surface area contributed by atoms with E-state index < -0.39 is 6.03 Å². The highest BCUT2D eigenvalue weighted by Crippen LogP contribution is 2.26. The number of rotatable bonds is 3. The van der Waals surface area contributed by atoms with Gasteiger partial charge in [0.15, 0.2) is 11.4 Å². The number of hydrogen-bond donors (Lipinski definition) is 2. The molecule has 0 saturated heterocycles. The molecule has 1 aromatic carbocycles. The predicted molar refractivity (Wildman–Crippen MR) is 96.5 cm³/mol. The van der Waals surface area contributed by atoms with Crippen molar-refractivity contribution in [1.29, 1.82) is 0 Å². The Morgan fingerprint density at radius 2 is 2.08 bits per heavy atom. The molecule has 1 amide bonds. The number of benzene rings is 1. The highest BCUT2D eigenvalue weighted by atomic mass is 35.5. The number of nitrogens with one attached hydrogen (secondary N) is 1. The van der Waals surface area contributed by atoms with Crippen molar-refractivity contribution in [3.63, 3.8) is 0 Å². The van der Waals surface area contributed by atoms with Crippen molar-refractivity contribution in [1.82, 2.24) is 24.8 Å². The van der Waals surface area contributed by atoms with E-state index in [4.69, 9.17) is 21.8 Å². The molecule has 26 heavy (non-hydrogen) atoms. The van der Waals surface area contributed by atoms with E-state index in [1.807, 2.05) is 18.2 Å². The molecular weight excluding hydrogens is 356 g/mol. The van der Waals surface area contributed by atoms with Crippen LogP contribution < -0.4 is 11.1 Å². The predicted octanol–water partition coefficient (Wildman–Crippen LogP) is 3.08. The highest BCUT2D eigenvalue weighted by Gasteiger charge is 2.18. The van der Waals surface area contributed by atoms with E-state index in [0.29, 0.717) is 27.6 Å². The first-order valence-corrected chi connectivity index (χ1v) is 8.07. The highest BCUT2D eigenvalue weighted by molar-refractivity contribution is 6.31. The van der Waals surface area contributed by atoms with E-state index in [0.717, 1.165) is 5.56 Å². The molecule has 4 aromatic rings. The fourth-order valence-electron chi connectivity index (χ4n) is 2.55. The lowest BCUT2D eigenvalue weighted by atomic mass is 10.2. The van der Waals surface area contributed by atoms with Crippen LogP contribution in [0.4, 0.5) is 10.7 Å². The zero-order valence-electron chi connectivity index (χ0n) is 13.4. The fourth-order valence-corrected chi connectivity index (χ4v) is 2.75. The van der Waals surface area contributed by atoms with Crippen LogP contribution in [0.15, 0.2) is 53.4 Å². The number of carbonyl (C=O) groups excluding carboxylic acids is 1. The summed E-state index contributed by atoms with van der Waals surface area (Å²) in [6, 6.07) is 10.3. The first-order valence-electron chi connectivity index (χ1n) is 7.69. The number of nitrogens with two attached hydrogens (primary N) is 1. The molecule has 0 aliphatic carbocycles. The number of fused-ring (bicyclic) bond motifs is 1. The van der Waals surface area contributed by atoms with Crippen LogP contribution in [-0.2, 0) is 6.54 Å². The Hall–Kier alpha value is -3.39. The average molecular weight is 369 g/mol. The molecule has 0 aliphatic heterocycles. The van der Waals surface area contributed by atoms with Crippen LogP contribution in [0.3, 0.4) is 0 Å². The lowest BCUT2D eigenvalue weighted by molar-refractivity contribution is 0.242. The summed E-state index contributed by atoms with van der Waals surface area (Å²) in [5.74, 6) is 0.510. The molecule has 9 heteroatoms. The van der Waals surface area contributed by atoms with Gasteiger partial charge in [0.2, 0.25) is 5.95 Å². The third-order valence-corrected chi connectivity index (χ3v) is 4.14. The number of furan rings is 1. The summed E-state index contributed by atoms with van der Waals surface area (Å²) < 4.78 is 6.64. The van der Waals surface area contributed by atoms with Gasteiger partial charge in [-0.1, -0.05) is 29.8 Å². The van der Waals surface area contributed by atoms with Gasteiger partial charge in [-0.2, -0.15) is 4.98 Å². The largest absolute Gasteiger partial charge is 0.463 e. The van der Waals surface area contributed by atoms with Gasteiger partial charge in [0.05, 0.1) is 6.26 Å². The Morgan fingerprint density at radius 3 is 2.85 bits per heavy atom. The summed E-state index contributed by atoms with van der Waals surface area (Å²) >= 11 is 6.11. The molecule has 0 saturated carbocycles. The smallest absolute Gasteiger partial charge is 0.328 e. The maximum atomic E-state index is 12.6. The van der Waals surface area contributed by atoms with Crippen LogP contribution >= 0.6 is 11.6 Å². The molecule has 3 aromatic heterocycles. The van der Waals surface area contributed by atoms with Crippen LogP contribution in [-0.4, -0.2) is 25.6 Å². The fraction of sp³-hybridized carbons (Fsp3) is 0.0588. The van der Waals surface area contributed by atoms with Crippen LogP contribution in [0.2, 0.25) is 5.02 Å². The second-order valence-electron chi connectivity index (χ2n) is 5.44. The minimum Gasteiger partial charge on any atom is -0.463 e. The normalized spacial score (nSPS) is 11.0. The lowest BCUT2D eigenvalue weighted by Gasteiger charge is -2.08. The molecule has 0 spiro atoms. The number of amides is 1. The third kappa shape index (κ3) is 2.86. The Balaban J connectivity index is 1.67. The summed E-state index contributed by atoms with van der Waals surface area (Å²) in [5.41, 5.74) is 7.73. The molecule has 0 aliphatic rings. The van der Waals surface area contributed by atoms with Gasteiger partial charge in [0.25, 0.3) is 0 Å². The van der Waals surface area contributed by atoms with Gasteiger partial charge in [-0.05, 0) is 23.8 Å². The quantitative estimate of drug-likeness (QED) is 0.574. The number of anilines is 1. The molecular formula is C17H13ClN6O2. The molecule has 0 bridgehead atoms. The van der Waals surface area contributed by atoms with Gasteiger partial charge >= 0.3 is 6.03 Å². The number of nitrogens with zero attached hydrogens (tertiary/aromatic N) is 4. The summed E-state index contributed by atoms with van der Waals surface area (Å²) in [4.78, 5) is 25.1. The average Bonchev–Trinajstić information content (AvgIpc) is 3.30. The van der Waals surface area contributed by atoms with Gasteiger partial charge in [0.1, 0.15) is 17.5 Å². The Morgan fingerprint density at radius 1 is 1.23 bits per heavy atom. The molecule has 0 unspecified atom stereocenters. The summed E-state index contributed by atoms with van der Waals surface area (Å²) in [6.07, 6.45) is 2.89. The van der Waals surface area contributed by atoms with Gasteiger partial charge in [-0.15, -0.1) is 0 Å².